The minimum Gasteiger partial charge on any atom is -0.493 e. The van der Waals surface area contributed by atoms with Gasteiger partial charge in [0.1, 0.15) is 0 Å². The Morgan fingerprint density at radius 2 is 1.81 bits per heavy atom. The summed E-state index contributed by atoms with van der Waals surface area (Å²) in [5, 5.41) is 4.66. The molecule has 5 heteroatoms. The fourth-order valence-electron chi connectivity index (χ4n) is 3.91. The molecule has 0 unspecified atom stereocenters. The van der Waals surface area contributed by atoms with Crippen molar-refractivity contribution < 1.29 is 9.47 Å². The Morgan fingerprint density at radius 3 is 2.54 bits per heavy atom. The molecule has 1 N–H and O–H groups in total. The zero-order valence-corrected chi connectivity index (χ0v) is 15.6. The van der Waals surface area contributed by atoms with Crippen LogP contribution in [-0.4, -0.2) is 36.9 Å². The van der Waals surface area contributed by atoms with Crippen LogP contribution in [0, 0.1) is 6.92 Å². The third-order valence-corrected chi connectivity index (χ3v) is 5.28. The van der Waals surface area contributed by atoms with Gasteiger partial charge in [-0.3, -0.25) is 4.98 Å². The normalized spacial score (nSPS) is 15.3. The van der Waals surface area contributed by atoms with E-state index in [1.807, 2.05) is 18.3 Å². The molecular weight excluding hydrogens is 326 g/mol. The van der Waals surface area contributed by atoms with Crippen molar-refractivity contribution in [3.63, 3.8) is 0 Å². The highest BCUT2D eigenvalue weighted by Gasteiger charge is 2.18. The Kier molecular flexibility index (Phi) is 4.55. The number of aromatic nitrogens is 2. The van der Waals surface area contributed by atoms with Crippen LogP contribution in [0.4, 0.5) is 0 Å². The Hall–Kier alpha value is -2.53. The molecule has 1 aliphatic heterocycles. The van der Waals surface area contributed by atoms with E-state index in [0.29, 0.717) is 5.92 Å². The number of nitrogens with one attached hydrogen (secondary N) is 1. The number of benzene rings is 1. The molecule has 26 heavy (non-hydrogen) atoms. The highest BCUT2D eigenvalue weighted by Crippen LogP contribution is 2.33. The number of nitrogens with zero attached hydrogens (tertiary/aromatic N) is 2. The molecule has 4 rings (SSSR count). The first-order chi connectivity index (χ1) is 12.7. The monoisotopic (exact) mass is 351 g/mol. The van der Waals surface area contributed by atoms with Gasteiger partial charge >= 0.3 is 0 Å². The predicted octanol–water partition coefficient (Wildman–Crippen LogP) is 3.82. The SMILES string of the molecule is COc1ccc(-n2c(C)cc3cc(C4CCNCC4)ncc32)cc1OC. The van der Waals surface area contributed by atoms with Gasteiger partial charge in [0.2, 0.25) is 0 Å². The molecule has 5 nitrogen and oxygen atoms in total. The van der Waals surface area contributed by atoms with Gasteiger partial charge in [0.25, 0.3) is 0 Å². The van der Waals surface area contributed by atoms with E-state index >= 15 is 0 Å². The van der Waals surface area contributed by atoms with Crippen molar-refractivity contribution in [1.29, 1.82) is 0 Å². The number of aryl methyl sites for hydroxylation is 1. The van der Waals surface area contributed by atoms with Crippen LogP contribution in [0.5, 0.6) is 11.5 Å². The van der Waals surface area contributed by atoms with Crippen molar-refractivity contribution in [3.05, 3.63) is 47.9 Å². The van der Waals surface area contributed by atoms with E-state index in [0.717, 1.165) is 48.6 Å². The fraction of sp³-hybridized carbons (Fsp3) is 0.381. The highest BCUT2D eigenvalue weighted by molar-refractivity contribution is 5.83. The molecule has 3 aromatic rings. The van der Waals surface area contributed by atoms with E-state index in [9.17, 15) is 0 Å². The number of hydrogen-bond donors (Lipinski definition) is 1. The van der Waals surface area contributed by atoms with Crippen molar-refractivity contribution in [3.8, 4) is 17.2 Å². The van der Waals surface area contributed by atoms with Gasteiger partial charge in [0.15, 0.2) is 11.5 Å². The Labute approximate surface area is 153 Å². The third kappa shape index (κ3) is 2.92. The van der Waals surface area contributed by atoms with E-state index in [1.165, 1.54) is 16.8 Å². The highest BCUT2D eigenvalue weighted by atomic mass is 16.5. The van der Waals surface area contributed by atoms with Crippen LogP contribution in [0.3, 0.4) is 0 Å². The summed E-state index contributed by atoms with van der Waals surface area (Å²) in [5.41, 5.74) is 4.55. The number of rotatable bonds is 4. The quantitative estimate of drug-likeness (QED) is 0.776. The second-order valence-electron chi connectivity index (χ2n) is 6.85. The van der Waals surface area contributed by atoms with E-state index in [4.69, 9.17) is 14.5 Å². The van der Waals surface area contributed by atoms with Gasteiger partial charge in [0, 0.05) is 34.4 Å². The zero-order valence-electron chi connectivity index (χ0n) is 15.6. The summed E-state index contributed by atoms with van der Waals surface area (Å²) in [6, 6.07) is 10.5. The molecule has 1 saturated heterocycles. The molecule has 2 aromatic heterocycles. The first kappa shape index (κ1) is 16.9. The second-order valence-corrected chi connectivity index (χ2v) is 6.85. The summed E-state index contributed by atoms with van der Waals surface area (Å²) in [6.07, 6.45) is 4.33. The molecule has 0 radical (unpaired) electrons. The molecule has 136 valence electrons. The van der Waals surface area contributed by atoms with Gasteiger partial charge < -0.3 is 19.4 Å². The summed E-state index contributed by atoms with van der Waals surface area (Å²) in [7, 11) is 3.31. The Bertz CT molecular complexity index is 926. The lowest BCUT2D eigenvalue weighted by molar-refractivity contribution is 0.355. The first-order valence-electron chi connectivity index (χ1n) is 9.12. The van der Waals surface area contributed by atoms with Gasteiger partial charge in [-0.2, -0.15) is 0 Å². The number of methoxy groups -OCH3 is 2. The molecule has 0 spiro atoms. The van der Waals surface area contributed by atoms with Gasteiger partial charge in [-0.25, -0.2) is 0 Å². The van der Waals surface area contributed by atoms with E-state index < -0.39 is 0 Å². The zero-order chi connectivity index (χ0) is 18.1. The number of ether oxygens (including phenoxy) is 2. The molecule has 0 aliphatic carbocycles. The van der Waals surface area contributed by atoms with Gasteiger partial charge in [-0.1, -0.05) is 0 Å². The summed E-state index contributed by atoms with van der Waals surface area (Å²) < 4.78 is 13.0. The maximum absolute atomic E-state index is 5.47. The minimum absolute atomic E-state index is 0.561. The van der Waals surface area contributed by atoms with Gasteiger partial charge in [0.05, 0.1) is 25.9 Å². The van der Waals surface area contributed by atoms with Crippen molar-refractivity contribution in [2.24, 2.45) is 0 Å². The number of hydrogen-bond acceptors (Lipinski definition) is 4. The van der Waals surface area contributed by atoms with Crippen LogP contribution in [0.1, 0.15) is 30.1 Å². The molecule has 1 fully saturated rings. The predicted molar refractivity (Wildman–Crippen MR) is 104 cm³/mol. The number of fused-ring (bicyclic) bond motifs is 1. The average molecular weight is 351 g/mol. The molecule has 0 saturated carbocycles. The first-order valence-corrected chi connectivity index (χ1v) is 9.12. The van der Waals surface area contributed by atoms with E-state index in [-0.39, 0.29) is 0 Å². The number of pyridine rings is 1. The van der Waals surface area contributed by atoms with Gasteiger partial charge in [-0.05, 0) is 57.1 Å². The lowest BCUT2D eigenvalue weighted by atomic mass is 9.94. The van der Waals surface area contributed by atoms with Crippen LogP contribution >= 0.6 is 0 Å². The molecule has 1 aromatic carbocycles. The van der Waals surface area contributed by atoms with Crippen molar-refractivity contribution in [2.75, 3.05) is 27.3 Å². The van der Waals surface area contributed by atoms with Crippen LogP contribution in [-0.2, 0) is 0 Å². The maximum Gasteiger partial charge on any atom is 0.162 e. The summed E-state index contributed by atoms with van der Waals surface area (Å²) in [6.45, 7) is 4.28. The van der Waals surface area contributed by atoms with Crippen molar-refractivity contribution in [1.82, 2.24) is 14.9 Å². The smallest absolute Gasteiger partial charge is 0.162 e. The van der Waals surface area contributed by atoms with Crippen molar-refractivity contribution >= 4 is 10.9 Å². The van der Waals surface area contributed by atoms with Crippen LogP contribution in [0.25, 0.3) is 16.6 Å². The fourth-order valence-corrected chi connectivity index (χ4v) is 3.91. The average Bonchev–Trinajstić information content (AvgIpc) is 3.03. The lowest BCUT2D eigenvalue weighted by Crippen LogP contribution is -2.27. The molecule has 0 amide bonds. The standard InChI is InChI=1S/C21H25N3O2/c1-14-10-16-11-18(15-6-8-22-9-7-15)23-13-19(16)24(14)17-4-5-20(25-2)21(12-17)26-3/h4-5,10-13,15,22H,6-9H2,1-3H3. The molecule has 3 heterocycles. The Morgan fingerprint density at radius 1 is 1.04 bits per heavy atom. The number of piperidine rings is 1. The van der Waals surface area contributed by atoms with Gasteiger partial charge in [-0.15, -0.1) is 0 Å². The minimum atomic E-state index is 0.561. The van der Waals surface area contributed by atoms with Crippen LogP contribution in [0.15, 0.2) is 36.5 Å². The summed E-state index contributed by atoms with van der Waals surface area (Å²) in [4.78, 5) is 4.80. The molecule has 0 bridgehead atoms. The molecule has 1 aliphatic rings. The summed E-state index contributed by atoms with van der Waals surface area (Å²) >= 11 is 0. The van der Waals surface area contributed by atoms with Crippen LogP contribution in [0.2, 0.25) is 0 Å². The summed E-state index contributed by atoms with van der Waals surface area (Å²) in [5.74, 6) is 2.02. The third-order valence-electron chi connectivity index (χ3n) is 5.28. The lowest BCUT2D eigenvalue weighted by Gasteiger charge is -2.22. The van der Waals surface area contributed by atoms with E-state index in [2.05, 4.69) is 35.0 Å². The maximum atomic E-state index is 5.47. The Balaban J connectivity index is 1.77. The molecular formula is C21H25N3O2. The second kappa shape index (κ2) is 7.00. The van der Waals surface area contributed by atoms with E-state index in [1.54, 1.807) is 14.2 Å². The topological polar surface area (TPSA) is 48.3 Å². The van der Waals surface area contributed by atoms with Crippen LogP contribution < -0.4 is 14.8 Å². The largest absolute Gasteiger partial charge is 0.493 e. The van der Waals surface area contributed by atoms with Crippen molar-refractivity contribution in [2.45, 2.75) is 25.7 Å². The molecule has 0 atom stereocenters.